The fraction of sp³-hybridized carbons (Fsp3) is 0.0435. The molecule has 2 aromatic carbocycles. The molecule has 30 heavy (non-hydrogen) atoms. The number of carbonyl (C=O) groups is 2. The number of rotatable bonds is 9. The third-order valence-corrected chi connectivity index (χ3v) is 3.50. The third-order valence-electron chi connectivity index (χ3n) is 3.50. The normalized spacial score (nSPS) is 10.6. The van der Waals surface area contributed by atoms with Crippen LogP contribution in [0.1, 0.15) is 6.92 Å². The van der Waals surface area contributed by atoms with Crippen LogP contribution in [0.4, 0.5) is 4.39 Å². The van der Waals surface area contributed by atoms with E-state index in [4.69, 9.17) is 14.2 Å². The first kappa shape index (κ1) is 22.2. The number of carbonyl (C=O) groups excluding carboxylic acids is 2. The van der Waals surface area contributed by atoms with Crippen LogP contribution in [0.5, 0.6) is 11.5 Å². The van der Waals surface area contributed by atoms with Crippen molar-refractivity contribution in [2.45, 2.75) is 6.92 Å². The fourth-order valence-electron chi connectivity index (χ4n) is 2.04. The monoisotopic (exact) mass is 410 g/mol. The van der Waals surface area contributed by atoms with Crippen LogP contribution in [-0.4, -0.2) is 11.9 Å². The molecule has 6 nitrogen and oxygen atoms in total. The maximum absolute atomic E-state index is 14.2. The molecule has 0 radical (unpaired) electrons. The minimum absolute atomic E-state index is 0.0287. The van der Waals surface area contributed by atoms with Gasteiger partial charge in [-0.1, -0.05) is 31.4 Å². The molecule has 0 fully saturated rings. The van der Waals surface area contributed by atoms with Crippen LogP contribution in [0, 0.1) is 5.82 Å². The molecule has 0 N–H and O–H groups in total. The van der Waals surface area contributed by atoms with Gasteiger partial charge in [0.2, 0.25) is 0 Å². The Morgan fingerprint density at radius 3 is 2.17 bits per heavy atom. The lowest BCUT2D eigenvalue weighted by molar-refractivity contribution is -0.134. The van der Waals surface area contributed by atoms with Gasteiger partial charge in [-0.15, -0.1) is 0 Å². The van der Waals surface area contributed by atoms with Crippen molar-refractivity contribution in [1.82, 2.24) is 0 Å². The number of hydrogen-bond acceptors (Lipinski definition) is 6. The lowest BCUT2D eigenvalue weighted by Crippen LogP contribution is -1.99. The zero-order valence-corrected chi connectivity index (χ0v) is 16.2. The average Bonchev–Trinajstić information content (AvgIpc) is 2.75. The zero-order chi connectivity index (χ0) is 21.9. The summed E-state index contributed by atoms with van der Waals surface area (Å²) < 4.78 is 34.0. The first-order chi connectivity index (χ1) is 14.4. The van der Waals surface area contributed by atoms with Crippen molar-refractivity contribution in [2.24, 2.45) is 0 Å². The smallest absolute Gasteiger partial charge is 0.338 e. The van der Waals surface area contributed by atoms with E-state index in [0.29, 0.717) is 11.3 Å². The van der Waals surface area contributed by atoms with E-state index in [-0.39, 0.29) is 11.3 Å². The molecule has 154 valence electrons. The van der Waals surface area contributed by atoms with Gasteiger partial charge in [-0.05, 0) is 42.3 Å². The van der Waals surface area contributed by atoms with Gasteiger partial charge in [-0.3, -0.25) is 0 Å². The molecule has 0 saturated heterocycles. The van der Waals surface area contributed by atoms with E-state index in [1.165, 1.54) is 25.3 Å². The van der Waals surface area contributed by atoms with Gasteiger partial charge < -0.3 is 18.9 Å². The van der Waals surface area contributed by atoms with Gasteiger partial charge in [0.1, 0.15) is 30.8 Å². The van der Waals surface area contributed by atoms with Crippen molar-refractivity contribution in [3.8, 4) is 22.6 Å². The molecular weight excluding hydrogens is 391 g/mol. The number of halogens is 1. The van der Waals surface area contributed by atoms with Crippen LogP contribution in [0.25, 0.3) is 11.1 Å². The van der Waals surface area contributed by atoms with E-state index in [0.717, 1.165) is 30.4 Å². The van der Waals surface area contributed by atoms with Gasteiger partial charge in [0.05, 0.1) is 0 Å². The molecule has 0 aromatic heterocycles. The molecule has 0 aliphatic carbocycles. The first-order valence-electron chi connectivity index (χ1n) is 8.63. The fourth-order valence-corrected chi connectivity index (χ4v) is 2.04. The van der Waals surface area contributed by atoms with Crippen molar-refractivity contribution < 1.29 is 32.9 Å². The summed E-state index contributed by atoms with van der Waals surface area (Å²) in [5.74, 6) is -1.32. The van der Waals surface area contributed by atoms with Crippen LogP contribution in [0.15, 0.2) is 92.3 Å². The lowest BCUT2D eigenvalue weighted by Gasteiger charge is -2.07. The minimum Gasteiger partial charge on any atom is -0.462 e. The third kappa shape index (κ3) is 6.79. The Balaban J connectivity index is 1.96. The summed E-state index contributed by atoms with van der Waals surface area (Å²) in [5, 5.41) is 0. The second kappa shape index (κ2) is 11.0. The second-order valence-corrected chi connectivity index (χ2v) is 5.78. The molecule has 0 bridgehead atoms. The Hall–Kier alpha value is -4.13. The summed E-state index contributed by atoms with van der Waals surface area (Å²) in [5.41, 5.74) is 1.65. The molecule has 0 aliphatic heterocycles. The predicted octanol–water partition coefficient (Wildman–Crippen LogP) is 5.04. The van der Waals surface area contributed by atoms with Crippen LogP contribution in [-0.2, 0) is 19.1 Å². The summed E-state index contributed by atoms with van der Waals surface area (Å²) in [4.78, 5) is 22.1. The van der Waals surface area contributed by atoms with E-state index in [9.17, 15) is 14.0 Å². The van der Waals surface area contributed by atoms with E-state index in [2.05, 4.69) is 17.9 Å². The van der Waals surface area contributed by atoms with Crippen molar-refractivity contribution in [3.05, 3.63) is 98.1 Å². The molecule has 2 aromatic rings. The highest BCUT2D eigenvalue weighted by atomic mass is 19.1. The number of ether oxygens (including phenoxy) is 4. The molecule has 0 spiro atoms. The van der Waals surface area contributed by atoms with Crippen molar-refractivity contribution >= 4 is 11.9 Å². The Morgan fingerprint density at radius 2 is 1.53 bits per heavy atom. The van der Waals surface area contributed by atoms with Gasteiger partial charge in [0.15, 0.2) is 11.6 Å². The molecule has 0 heterocycles. The van der Waals surface area contributed by atoms with Crippen LogP contribution in [0.2, 0.25) is 0 Å². The van der Waals surface area contributed by atoms with Crippen LogP contribution in [0.3, 0.4) is 0 Å². The van der Waals surface area contributed by atoms with E-state index in [1.807, 2.05) is 0 Å². The number of esters is 2. The lowest BCUT2D eigenvalue weighted by atomic mass is 10.1. The van der Waals surface area contributed by atoms with Crippen molar-refractivity contribution in [2.75, 3.05) is 0 Å². The molecule has 2 rings (SSSR count). The molecule has 0 amide bonds. The van der Waals surface area contributed by atoms with Crippen LogP contribution < -0.4 is 9.47 Å². The Kier molecular flexibility index (Phi) is 8.14. The van der Waals surface area contributed by atoms with Gasteiger partial charge in [-0.2, -0.15) is 0 Å². The maximum Gasteiger partial charge on any atom is 0.338 e. The average molecular weight is 410 g/mol. The highest BCUT2D eigenvalue weighted by molar-refractivity contribution is 5.87. The van der Waals surface area contributed by atoms with Gasteiger partial charge >= 0.3 is 11.9 Å². The molecular formula is C23H19FO6. The minimum atomic E-state index is -0.651. The zero-order valence-electron chi connectivity index (χ0n) is 16.2. The van der Waals surface area contributed by atoms with Crippen molar-refractivity contribution in [3.63, 3.8) is 0 Å². The van der Waals surface area contributed by atoms with E-state index in [1.54, 1.807) is 30.3 Å². The molecule has 0 unspecified atom stereocenters. The van der Waals surface area contributed by atoms with E-state index >= 15 is 0 Å². The van der Waals surface area contributed by atoms with Crippen LogP contribution >= 0.6 is 0 Å². The SMILES string of the molecule is C=CC(=O)O/C=C\Oc1ccc(-c2ccc(O/C=C\OC(=O)C(=C)C)cc2)cc1F. The second-order valence-electron chi connectivity index (χ2n) is 5.78. The highest BCUT2D eigenvalue weighted by Crippen LogP contribution is 2.27. The standard InChI is InChI=1S/C23H19FO6/c1-4-22(25)29-13-12-28-21-10-7-18(15-20(21)24)17-5-8-19(9-6-17)27-11-14-30-23(26)16(2)3/h4-15H,1-2H2,3H3/b13-12-,14-11-. The highest BCUT2D eigenvalue weighted by Gasteiger charge is 2.06. The summed E-state index contributed by atoms with van der Waals surface area (Å²) >= 11 is 0. The van der Waals surface area contributed by atoms with Gasteiger partial charge in [-0.25, -0.2) is 14.0 Å². The maximum atomic E-state index is 14.2. The Bertz CT molecular complexity index is 989. The van der Waals surface area contributed by atoms with Crippen molar-refractivity contribution in [1.29, 1.82) is 0 Å². The topological polar surface area (TPSA) is 71.1 Å². The van der Waals surface area contributed by atoms with E-state index < -0.39 is 17.8 Å². The Morgan fingerprint density at radius 1 is 0.900 bits per heavy atom. The van der Waals surface area contributed by atoms with Gasteiger partial charge in [0.25, 0.3) is 0 Å². The number of hydrogen-bond donors (Lipinski definition) is 0. The Labute approximate surface area is 173 Å². The largest absolute Gasteiger partial charge is 0.462 e. The molecule has 0 atom stereocenters. The van der Waals surface area contributed by atoms with Gasteiger partial charge in [0, 0.05) is 11.6 Å². The molecule has 0 aliphatic rings. The molecule has 7 heteroatoms. The summed E-state index contributed by atoms with van der Waals surface area (Å²) in [7, 11) is 0. The summed E-state index contributed by atoms with van der Waals surface area (Å²) in [6.45, 7) is 8.24. The predicted molar refractivity (Wildman–Crippen MR) is 109 cm³/mol. The molecule has 0 saturated carbocycles. The summed E-state index contributed by atoms with van der Waals surface area (Å²) in [6, 6.07) is 11.3. The summed E-state index contributed by atoms with van der Waals surface area (Å²) in [6.07, 6.45) is 5.37. The quantitative estimate of drug-likeness (QED) is 0.328. The first-order valence-corrected chi connectivity index (χ1v) is 8.63. The number of benzene rings is 2.